The second kappa shape index (κ2) is 8.74. The molecule has 21 heavy (non-hydrogen) atoms. The van der Waals surface area contributed by atoms with E-state index in [-0.39, 0.29) is 41.6 Å². The zero-order valence-electron chi connectivity index (χ0n) is 10.4. The van der Waals surface area contributed by atoms with Gasteiger partial charge in [0.05, 0.1) is 0 Å². The van der Waals surface area contributed by atoms with E-state index < -0.39 is 35.8 Å². The maximum atomic E-state index is 13.0. The molecule has 1 unspecified atom stereocenters. The number of rotatable bonds is 6. The molecule has 14 heteroatoms. The van der Waals surface area contributed by atoms with Gasteiger partial charge in [-0.25, -0.2) is 4.39 Å². The first-order chi connectivity index (χ1) is 8.87. The molecule has 0 amide bonds. The van der Waals surface area contributed by atoms with Gasteiger partial charge in [0.1, 0.15) is 11.9 Å². The summed E-state index contributed by atoms with van der Waals surface area (Å²) in [5.74, 6) is -1.66. The van der Waals surface area contributed by atoms with Crippen LogP contribution in [0.2, 0.25) is 0 Å². The van der Waals surface area contributed by atoms with Crippen LogP contribution < -0.4 is 34.8 Å². The third-order valence-corrected chi connectivity index (χ3v) is 2.47. The SMILES string of the molecule is CC(SOO[O-])C(=O)OCC(F)(C(F)(F)F)C(F)(F)F.[Na+]. The van der Waals surface area contributed by atoms with Gasteiger partial charge >= 0.3 is 53.5 Å². The summed E-state index contributed by atoms with van der Waals surface area (Å²) in [6, 6.07) is 0. The van der Waals surface area contributed by atoms with Crippen LogP contribution >= 0.6 is 12.0 Å². The fourth-order valence-electron chi connectivity index (χ4n) is 0.727. The molecule has 0 radical (unpaired) electrons. The molecule has 0 aromatic rings. The minimum atomic E-state index is -6.32. The Kier molecular flexibility index (Phi) is 9.77. The Bertz CT molecular complexity index is 322. The third-order valence-electron chi connectivity index (χ3n) is 1.86. The van der Waals surface area contributed by atoms with Crippen LogP contribution in [0.25, 0.3) is 0 Å². The molecule has 1 atom stereocenters. The molecule has 0 N–H and O–H groups in total. The predicted octanol–water partition coefficient (Wildman–Crippen LogP) is -1.37. The average Bonchev–Trinajstić information content (AvgIpc) is 2.29. The van der Waals surface area contributed by atoms with Gasteiger partial charge in [-0.05, 0) is 6.92 Å². The van der Waals surface area contributed by atoms with Gasteiger partial charge in [-0.2, -0.15) is 30.7 Å². The van der Waals surface area contributed by atoms with E-state index in [9.17, 15) is 40.8 Å². The van der Waals surface area contributed by atoms with Crippen molar-refractivity contribution in [3.05, 3.63) is 0 Å². The van der Waals surface area contributed by atoms with Crippen LogP contribution in [0.5, 0.6) is 0 Å². The molecule has 0 aromatic heterocycles. The molecule has 0 aromatic carbocycles. The predicted molar refractivity (Wildman–Crippen MR) is 46.1 cm³/mol. The number of halogens is 7. The minimum Gasteiger partial charge on any atom is -0.691 e. The van der Waals surface area contributed by atoms with Crippen molar-refractivity contribution in [3.8, 4) is 0 Å². The Morgan fingerprint density at radius 1 is 1.14 bits per heavy atom. The molecule has 0 saturated heterocycles. The summed E-state index contributed by atoms with van der Waals surface area (Å²) in [6.45, 7) is -1.70. The number of ether oxygens (including phenoxy) is 1. The molecule has 0 rings (SSSR count). The molecule has 120 valence electrons. The van der Waals surface area contributed by atoms with Gasteiger partial charge in [0.2, 0.25) is 0 Å². The third kappa shape index (κ3) is 6.46. The zero-order chi connectivity index (χ0) is 16.2. The van der Waals surface area contributed by atoms with E-state index in [4.69, 9.17) is 0 Å². The van der Waals surface area contributed by atoms with Crippen LogP contribution in [0, 0.1) is 0 Å². The topological polar surface area (TPSA) is 67.8 Å². The van der Waals surface area contributed by atoms with E-state index in [1.54, 1.807) is 0 Å². The first kappa shape index (κ1) is 23.5. The van der Waals surface area contributed by atoms with Crippen LogP contribution in [-0.2, 0) is 18.9 Å². The monoisotopic (exact) mass is 358 g/mol. The van der Waals surface area contributed by atoms with Crippen molar-refractivity contribution in [2.24, 2.45) is 0 Å². The molecule has 0 bridgehead atoms. The van der Waals surface area contributed by atoms with Crippen molar-refractivity contribution in [1.82, 2.24) is 0 Å². The second-order valence-electron chi connectivity index (χ2n) is 3.28. The Hall–Kier alpha value is 0.210. The minimum absolute atomic E-state index is 0. The van der Waals surface area contributed by atoms with Gasteiger partial charge in [-0.15, -0.1) is 0 Å². The molecular weight excluding hydrogens is 352 g/mol. The Morgan fingerprint density at radius 2 is 1.57 bits per heavy atom. The fourth-order valence-corrected chi connectivity index (χ4v) is 1.02. The van der Waals surface area contributed by atoms with Crippen LogP contribution in [0.4, 0.5) is 30.7 Å². The van der Waals surface area contributed by atoms with Gasteiger partial charge in [0.25, 0.3) is 0 Å². The van der Waals surface area contributed by atoms with E-state index in [2.05, 4.69) is 14.1 Å². The number of alkyl halides is 7. The first-order valence-electron chi connectivity index (χ1n) is 4.48. The van der Waals surface area contributed by atoms with E-state index in [0.717, 1.165) is 6.92 Å². The summed E-state index contributed by atoms with van der Waals surface area (Å²) in [5, 5.41) is 10.7. The number of hydrogen-bond acceptors (Lipinski definition) is 6. The van der Waals surface area contributed by atoms with E-state index >= 15 is 0 Å². The average molecular weight is 358 g/mol. The molecule has 0 heterocycles. The summed E-state index contributed by atoms with van der Waals surface area (Å²) in [7, 11) is 0. The summed E-state index contributed by atoms with van der Waals surface area (Å²) in [6.07, 6.45) is -12.6. The maximum absolute atomic E-state index is 13.0. The van der Waals surface area contributed by atoms with Gasteiger partial charge in [-0.1, -0.05) is 0 Å². The van der Waals surface area contributed by atoms with E-state index in [1.165, 1.54) is 0 Å². The molecular formula is C7H6F7NaO5S. The van der Waals surface area contributed by atoms with Crippen molar-refractivity contribution < 1.29 is 84.5 Å². The molecule has 0 saturated carbocycles. The van der Waals surface area contributed by atoms with E-state index in [0.29, 0.717) is 0 Å². The standard InChI is InChI=1S/C7H7F7O5S.Na/c1-3(20-19-18-16)4(15)17-2-5(8,6(9,10)11)7(12,13)14;/h3,16H,2H2,1H3;/q;+1/p-1. The smallest absolute Gasteiger partial charge is 0.691 e. The second-order valence-corrected chi connectivity index (χ2v) is 4.31. The Labute approximate surface area is 139 Å². The summed E-state index contributed by atoms with van der Waals surface area (Å²) in [5.41, 5.74) is -5.70. The van der Waals surface area contributed by atoms with Crippen LogP contribution in [0.1, 0.15) is 6.92 Å². The maximum Gasteiger partial charge on any atom is 1.00 e. The van der Waals surface area contributed by atoms with Crippen molar-refractivity contribution in [3.63, 3.8) is 0 Å². The zero-order valence-corrected chi connectivity index (χ0v) is 13.2. The normalized spacial score (nSPS) is 14.3. The molecule has 0 spiro atoms. The van der Waals surface area contributed by atoms with Gasteiger partial charge < -0.3 is 9.99 Å². The number of carbonyl (C=O) groups excluding carboxylic acids is 1. The summed E-state index contributed by atoms with van der Waals surface area (Å²) in [4.78, 5) is 11.0. The van der Waals surface area contributed by atoms with E-state index in [1.807, 2.05) is 0 Å². The fraction of sp³-hybridized carbons (Fsp3) is 0.857. The molecule has 0 aliphatic heterocycles. The number of esters is 1. The van der Waals surface area contributed by atoms with Crippen molar-refractivity contribution >= 4 is 18.0 Å². The molecule has 5 nitrogen and oxygen atoms in total. The Balaban J connectivity index is 0. The van der Waals surface area contributed by atoms with Gasteiger partial charge in [0.15, 0.2) is 0 Å². The number of carbonyl (C=O) groups is 1. The van der Waals surface area contributed by atoms with Crippen LogP contribution in [-0.4, -0.2) is 35.8 Å². The first-order valence-corrected chi connectivity index (χ1v) is 5.28. The summed E-state index contributed by atoms with van der Waals surface area (Å²) < 4.78 is 92.7. The number of hydrogen-bond donors (Lipinski definition) is 0. The van der Waals surface area contributed by atoms with Gasteiger partial charge in [-0.3, -0.25) is 9.83 Å². The molecule has 0 aliphatic carbocycles. The molecule has 0 aliphatic rings. The largest absolute Gasteiger partial charge is 1.00 e. The van der Waals surface area contributed by atoms with Crippen molar-refractivity contribution in [1.29, 1.82) is 0 Å². The van der Waals surface area contributed by atoms with Crippen LogP contribution in [0.15, 0.2) is 0 Å². The summed E-state index contributed by atoms with van der Waals surface area (Å²) >= 11 is -0.0441. The Morgan fingerprint density at radius 3 is 1.90 bits per heavy atom. The van der Waals surface area contributed by atoms with Crippen LogP contribution in [0.3, 0.4) is 0 Å². The molecule has 0 fully saturated rings. The quantitative estimate of drug-likeness (QED) is 0.146. The van der Waals surface area contributed by atoms with Crippen molar-refractivity contribution in [2.75, 3.05) is 6.61 Å². The van der Waals surface area contributed by atoms with Crippen molar-refractivity contribution in [2.45, 2.75) is 30.2 Å². The van der Waals surface area contributed by atoms with Gasteiger partial charge in [0, 0.05) is 12.0 Å².